The molecule has 0 radical (unpaired) electrons. The molecule has 3 heteroatoms. The molecule has 0 spiro atoms. The minimum atomic E-state index is 0.139. The maximum Gasteiger partial charge on any atom is 0.229 e. The summed E-state index contributed by atoms with van der Waals surface area (Å²) in [5.74, 6) is 0.306. The van der Waals surface area contributed by atoms with Gasteiger partial charge in [-0.05, 0) is 42.2 Å². The van der Waals surface area contributed by atoms with Crippen LogP contribution in [0.15, 0.2) is 42.5 Å². The van der Waals surface area contributed by atoms with Crippen LogP contribution in [0, 0.1) is 5.92 Å². The molecule has 2 saturated heterocycles. The largest absolute Gasteiger partial charge is 0.326 e. The molecule has 2 aromatic rings. The first-order chi connectivity index (χ1) is 9.79. The lowest BCUT2D eigenvalue weighted by atomic mass is 9.88. The van der Waals surface area contributed by atoms with Gasteiger partial charge in [-0.1, -0.05) is 30.3 Å². The number of carbonyl (C=O) groups excluding carboxylic acids is 1. The summed E-state index contributed by atoms with van der Waals surface area (Å²) in [5.41, 5.74) is 0.900. The molecular formula is C17H18N2O. The summed E-state index contributed by atoms with van der Waals surface area (Å²) in [6.07, 6.45) is 3.36. The summed E-state index contributed by atoms with van der Waals surface area (Å²) in [4.78, 5) is 12.4. The van der Waals surface area contributed by atoms with E-state index in [1.54, 1.807) is 0 Å². The number of fused-ring (bicyclic) bond motifs is 3. The Morgan fingerprint density at radius 3 is 2.70 bits per heavy atom. The van der Waals surface area contributed by atoms with Gasteiger partial charge >= 0.3 is 0 Å². The van der Waals surface area contributed by atoms with Crippen molar-refractivity contribution in [1.82, 2.24) is 5.32 Å². The first kappa shape index (κ1) is 11.9. The molecule has 2 aliphatic rings. The van der Waals surface area contributed by atoms with Crippen LogP contribution in [0.1, 0.15) is 19.3 Å². The van der Waals surface area contributed by atoms with Crippen LogP contribution in [0.4, 0.5) is 5.69 Å². The molecule has 3 unspecified atom stereocenters. The first-order valence-electron chi connectivity index (χ1n) is 7.35. The number of amides is 1. The van der Waals surface area contributed by atoms with Crippen molar-refractivity contribution in [2.45, 2.75) is 31.3 Å². The number of anilines is 1. The van der Waals surface area contributed by atoms with Crippen LogP contribution >= 0.6 is 0 Å². The second kappa shape index (κ2) is 4.60. The average Bonchev–Trinajstić information content (AvgIpc) is 3.10. The van der Waals surface area contributed by atoms with E-state index >= 15 is 0 Å². The van der Waals surface area contributed by atoms with Gasteiger partial charge in [0, 0.05) is 17.8 Å². The minimum Gasteiger partial charge on any atom is -0.326 e. The molecule has 0 aromatic heterocycles. The zero-order chi connectivity index (χ0) is 13.5. The van der Waals surface area contributed by atoms with Gasteiger partial charge in [0.05, 0.1) is 5.92 Å². The summed E-state index contributed by atoms with van der Waals surface area (Å²) >= 11 is 0. The Morgan fingerprint density at radius 1 is 1.10 bits per heavy atom. The van der Waals surface area contributed by atoms with E-state index in [1.165, 1.54) is 11.8 Å². The number of hydrogen-bond donors (Lipinski definition) is 2. The van der Waals surface area contributed by atoms with Gasteiger partial charge in [-0.2, -0.15) is 0 Å². The summed E-state index contributed by atoms with van der Waals surface area (Å²) in [7, 11) is 0. The molecule has 2 aliphatic heterocycles. The average molecular weight is 266 g/mol. The normalized spacial score (nSPS) is 27.9. The highest BCUT2D eigenvalue weighted by atomic mass is 16.2. The van der Waals surface area contributed by atoms with E-state index < -0.39 is 0 Å². The Hall–Kier alpha value is -1.87. The van der Waals surface area contributed by atoms with Crippen molar-refractivity contribution in [2.75, 3.05) is 5.32 Å². The van der Waals surface area contributed by atoms with E-state index in [0.717, 1.165) is 23.9 Å². The lowest BCUT2D eigenvalue weighted by Gasteiger charge is -2.19. The van der Waals surface area contributed by atoms with Gasteiger partial charge in [0.15, 0.2) is 0 Å². The third kappa shape index (κ3) is 1.98. The molecule has 4 rings (SSSR count). The molecule has 2 aromatic carbocycles. The van der Waals surface area contributed by atoms with Crippen molar-refractivity contribution in [3.05, 3.63) is 42.5 Å². The first-order valence-corrected chi connectivity index (χ1v) is 7.35. The molecule has 3 atom stereocenters. The van der Waals surface area contributed by atoms with Gasteiger partial charge in [-0.25, -0.2) is 0 Å². The van der Waals surface area contributed by atoms with Gasteiger partial charge in [-0.3, -0.25) is 4.79 Å². The summed E-state index contributed by atoms with van der Waals surface area (Å²) < 4.78 is 0. The molecule has 2 bridgehead atoms. The van der Waals surface area contributed by atoms with Crippen LogP contribution in [0.2, 0.25) is 0 Å². The smallest absolute Gasteiger partial charge is 0.229 e. The maximum absolute atomic E-state index is 12.4. The van der Waals surface area contributed by atoms with Crippen molar-refractivity contribution < 1.29 is 4.79 Å². The predicted octanol–water partition coefficient (Wildman–Crippen LogP) is 2.92. The molecular weight excluding hydrogens is 248 g/mol. The predicted molar refractivity (Wildman–Crippen MR) is 80.6 cm³/mol. The monoisotopic (exact) mass is 266 g/mol. The number of carbonyl (C=O) groups is 1. The van der Waals surface area contributed by atoms with Gasteiger partial charge in [0.2, 0.25) is 5.91 Å². The standard InChI is InChI=1S/C17H18N2O/c20-17(15-10-14-7-8-16(15)18-14)19-13-6-5-11-3-1-2-4-12(11)9-13/h1-6,9,14-16,18H,7-8,10H2,(H,19,20). The van der Waals surface area contributed by atoms with E-state index in [-0.39, 0.29) is 11.8 Å². The molecule has 0 saturated carbocycles. The number of hydrogen-bond acceptors (Lipinski definition) is 2. The fraction of sp³-hybridized carbons (Fsp3) is 0.353. The Kier molecular flexibility index (Phi) is 2.74. The number of benzene rings is 2. The lowest BCUT2D eigenvalue weighted by molar-refractivity contribution is -0.120. The minimum absolute atomic E-state index is 0.139. The Bertz CT molecular complexity index is 667. The van der Waals surface area contributed by atoms with Crippen LogP contribution in [-0.4, -0.2) is 18.0 Å². The van der Waals surface area contributed by atoms with Crippen molar-refractivity contribution in [2.24, 2.45) is 5.92 Å². The van der Waals surface area contributed by atoms with Crippen LogP contribution in [0.5, 0.6) is 0 Å². The highest BCUT2D eigenvalue weighted by Gasteiger charge is 2.42. The van der Waals surface area contributed by atoms with E-state index in [0.29, 0.717) is 12.1 Å². The van der Waals surface area contributed by atoms with Crippen molar-refractivity contribution in [3.63, 3.8) is 0 Å². The molecule has 102 valence electrons. The zero-order valence-corrected chi connectivity index (χ0v) is 11.3. The molecule has 2 fully saturated rings. The highest BCUT2D eigenvalue weighted by molar-refractivity contribution is 5.96. The van der Waals surface area contributed by atoms with Gasteiger partial charge in [0.25, 0.3) is 0 Å². The molecule has 2 heterocycles. The SMILES string of the molecule is O=C(Nc1ccc2ccccc2c1)C1CC2CCC1N2. The number of rotatable bonds is 2. The fourth-order valence-corrected chi connectivity index (χ4v) is 3.62. The van der Waals surface area contributed by atoms with E-state index in [4.69, 9.17) is 0 Å². The number of nitrogens with one attached hydrogen (secondary N) is 2. The van der Waals surface area contributed by atoms with E-state index in [2.05, 4.69) is 28.8 Å². The van der Waals surface area contributed by atoms with Gasteiger partial charge in [-0.15, -0.1) is 0 Å². The Balaban J connectivity index is 1.53. The lowest BCUT2D eigenvalue weighted by Crippen LogP contribution is -2.32. The van der Waals surface area contributed by atoms with E-state index in [9.17, 15) is 4.79 Å². The molecule has 0 aliphatic carbocycles. The Labute approximate surface area is 118 Å². The molecule has 1 amide bonds. The van der Waals surface area contributed by atoms with Crippen molar-refractivity contribution in [3.8, 4) is 0 Å². The zero-order valence-electron chi connectivity index (χ0n) is 11.3. The van der Waals surface area contributed by atoms with Crippen LogP contribution in [0.3, 0.4) is 0 Å². The third-order valence-corrected chi connectivity index (χ3v) is 4.65. The third-order valence-electron chi connectivity index (χ3n) is 4.65. The van der Waals surface area contributed by atoms with Crippen LogP contribution in [0.25, 0.3) is 10.8 Å². The molecule has 2 N–H and O–H groups in total. The molecule has 20 heavy (non-hydrogen) atoms. The van der Waals surface area contributed by atoms with Gasteiger partial charge < -0.3 is 10.6 Å². The Morgan fingerprint density at radius 2 is 1.95 bits per heavy atom. The second-order valence-electron chi connectivity index (χ2n) is 5.94. The second-order valence-corrected chi connectivity index (χ2v) is 5.94. The maximum atomic E-state index is 12.4. The van der Waals surface area contributed by atoms with E-state index in [1.807, 2.05) is 24.3 Å². The van der Waals surface area contributed by atoms with Crippen LogP contribution < -0.4 is 10.6 Å². The van der Waals surface area contributed by atoms with Crippen molar-refractivity contribution in [1.29, 1.82) is 0 Å². The fourth-order valence-electron chi connectivity index (χ4n) is 3.62. The quantitative estimate of drug-likeness (QED) is 0.877. The topological polar surface area (TPSA) is 41.1 Å². The van der Waals surface area contributed by atoms with Crippen molar-refractivity contribution >= 4 is 22.4 Å². The summed E-state index contributed by atoms with van der Waals surface area (Å²) in [6, 6.07) is 15.3. The van der Waals surface area contributed by atoms with Crippen LogP contribution in [-0.2, 0) is 4.79 Å². The molecule has 3 nitrogen and oxygen atoms in total. The summed E-state index contributed by atoms with van der Waals surface area (Å²) in [6.45, 7) is 0. The summed E-state index contributed by atoms with van der Waals surface area (Å²) in [5, 5.41) is 8.96. The van der Waals surface area contributed by atoms with Gasteiger partial charge in [0.1, 0.15) is 0 Å². The highest BCUT2D eigenvalue weighted by Crippen LogP contribution is 2.34.